The fraction of sp³-hybridized carbons (Fsp3) is 0.533. The summed E-state index contributed by atoms with van der Waals surface area (Å²) in [6.07, 6.45) is -0.450. The van der Waals surface area contributed by atoms with Crippen molar-refractivity contribution in [2.24, 2.45) is 17.1 Å². The molecule has 2 aromatic rings. The van der Waals surface area contributed by atoms with Gasteiger partial charge in [0.05, 0.1) is 12.0 Å². The molecule has 5 rings (SSSR count). The number of nitrogens with zero attached hydrogens (tertiary/aromatic N) is 2. The van der Waals surface area contributed by atoms with Gasteiger partial charge in [0, 0.05) is 30.3 Å². The van der Waals surface area contributed by atoms with E-state index in [2.05, 4.69) is 0 Å². The van der Waals surface area contributed by atoms with Gasteiger partial charge in [-0.15, -0.1) is 0 Å². The highest BCUT2D eigenvalue weighted by molar-refractivity contribution is 6.03. The second kappa shape index (κ2) is 11.4. The van der Waals surface area contributed by atoms with Crippen molar-refractivity contribution in [1.29, 1.82) is 0 Å². The lowest BCUT2D eigenvalue weighted by atomic mass is 9.67. The molecule has 1 unspecified atom stereocenters. The van der Waals surface area contributed by atoms with E-state index in [1.54, 1.807) is 36.4 Å². The third-order valence-corrected chi connectivity index (χ3v) is 8.86. The molecule has 2 aliphatic heterocycles. The standard InChI is InChI=1S/C30H35F4N3O3/c31-25-17-21(40-18-20-10-15-36(16-11-20)19-29(12-4-13-29)30(32,33)34)8-9-23(25)22-5-1-2-6-24(22)28(39)37-14-3-7-26(37)27(35)38/h1-2,5-6,8-9,17,20,26H,3-4,7,10-16,18-19H2,(H2,35,38). The van der Waals surface area contributed by atoms with Crippen molar-refractivity contribution in [1.82, 2.24) is 9.80 Å². The highest BCUT2D eigenvalue weighted by Gasteiger charge is 2.58. The molecular formula is C30H35F4N3O3. The molecular weight excluding hydrogens is 526 g/mol. The highest BCUT2D eigenvalue weighted by Crippen LogP contribution is 2.53. The summed E-state index contributed by atoms with van der Waals surface area (Å²) in [4.78, 5) is 28.5. The Kier molecular flexibility index (Phi) is 8.08. The zero-order valence-corrected chi connectivity index (χ0v) is 22.4. The number of hydrogen-bond acceptors (Lipinski definition) is 4. The molecule has 3 aliphatic rings. The number of likely N-dealkylation sites (tertiary alicyclic amines) is 2. The Hall–Kier alpha value is -3.14. The number of amides is 2. The van der Waals surface area contributed by atoms with Crippen LogP contribution in [-0.4, -0.2) is 66.6 Å². The number of primary amides is 1. The van der Waals surface area contributed by atoms with Crippen LogP contribution in [0.3, 0.4) is 0 Å². The molecule has 0 radical (unpaired) electrons. The summed E-state index contributed by atoms with van der Waals surface area (Å²) in [7, 11) is 0. The number of alkyl halides is 3. The highest BCUT2D eigenvalue weighted by atomic mass is 19.4. The Bertz CT molecular complexity index is 1240. The number of halogens is 4. The lowest BCUT2D eigenvalue weighted by Crippen LogP contribution is -2.53. The van der Waals surface area contributed by atoms with Crippen molar-refractivity contribution >= 4 is 11.8 Å². The molecule has 0 bridgehead atoms. The lowest BCUT2D eigenvalue weighted by Gasteiger charge is -2.47. The average molecular weight is 562 g/mol. The molecule has 1 saturated carbocycles. The van der Waals surface area contributed by atoms with Gasteiger partial charge < -0.3 is 20.3 Å². The Morgan fingerprint density at radius 1 is 0.975 bits per heavy atom. The van der Waals surface area contributed by atoms with E-state index in [0.29, 0.717) is 62.4 Å². The van der Waals surface area contributed by atoms with Crippen LogP contribution >= 0.6 is 0 Å². The van der Waals surface area contributed by atoms with E-state index in [0.717, 1.165) is 12.8 Å². The predicted molar refractivity (Wildman–Crippen MR) is 142 cm³/mol. The Morgan fingerprint density at radius 3 is 2.33 bits per heavy atom. The molecule has 40 heavy (non-hydrogen) atoms. The maximum Gasteiger partial charge on any atom is 0.395 e. The molecule has 1 aliphatic carbocycles. The smallest absolute Gasteiger partial charge is 0.395 e. The van der Waals surface area contributed by atoms with Gasteiger partial charge in [0.1, 0.15) is 17.6 Å². The summed E-state index contributed by atoms with van der Waals surface area (Å²) in [6.45, 7) is 2.03. The van der Waals surface area contributed by atoms with Crippen molar-refractivity contribution in [3.63, 3.8) is 0 Å². The second-order valence-corrected chi connectivity index (χ2v) is 11.4. The molecule has 10 heteroatoms. The molecule has 0 spiro atoms. The van der Waals surface area contributed by atoms with Gasteiger partial charge in [-0.05, 0) is 81.3 Å². The van der Waals surface area contributed by atoms with E-state index < -0.39 is 29.4 Å². The molecule has 2 saturated heterocycles. The minimum Gasteiger partial charge on any atom is -0.493 e. The van der Waals surface area contributed by atoms with Gasteiger partial charge in [-0.1, -0.05) is 24.6 Å². The monoisotopic (exact) mass is 561 g/mol. The molecule has 2 amide bonds. The number of rotatable bonds is 8. The molecule has 6 nitrogen and oxygen atoms in total. The molecule has 2 heterocycles. The van der Waals surface area contributed by atoms with Crippen LogP contribution in [0.5, 0.6) is 5.75 Å². The zero-order valence-electron chi connectivity index (χ0n) is 22.4. The second-order valence-electron chi connectivity index (χ2n) is 11.4. The third kappa shape index (κ3) is 5.68. The molecule has 0 aromatic heterocycles. The lowest BCUT2D eigenvalue weighted by molar-refractivity contribution is -0.256. The number of piperidine rings is 1. The van der Waals surface area contributed by atoms with Crippen molar-refractivity contribution in [3.05, 3.63) is 53.8 Å². The maximum atomic E-state index is 15.3. The topological polar surface area (TPSA) is 75.9 Å². The first-order chi connectivity index (χ1) is 19.1. The van der Waals surface area contributed by atoms with Crippen LogP contribution in [-0.2, 0) is 4.79 Å². The molecule has 2 aromatic carbocycles. The van der Waals surface area contributed by atoms with E-state index in [1.807, 2.05) is 4.90 Å². The molecule has 1 atom stereocenters. The Labute approximate surface area is 231 Å². The first-order valence-corrected chi connectivity index (χ1v) is 14.0. The SMILES string of the molecule is NC(=O)C1CCCN1C(=O)c1ccccc1-c1ccc(OCC2CCN(CC3(C(F)(F)F)CCC3)CC2)cc1F. The summed E-state index contributed by atoms with van der Waals surface area (Å²) >= 11 is 0. The number of nitrogens with two attached hydrogens (primary N) is 1. The van der Waals surface area contributed by atoms with Gasteiger partial charge in [0.15, 0.2) is 0 Å². The summed E-state index contributed by atoms with van der Waals surface area (Å²) < 4.78 is 61.8. The van der Waals surface area contributed by atoms with Gasteiger partial charge in [-0.3, -0.25) is 9.59 Å². The minimum atomic E-state index is -4.16. The van der Waals surface area contributed by atoms with Crippen molar-refractivity contribution in [2.75, 3.05) is 32.8 Å². The van der Waals surface area contributed by atoms with Crippen LogP contribution in [0.25, 0.3) is 11.1 Å². The van der Waals surface area contributed by atoms with Crippen molar-refractivity contribution in [2.45, 2.75) is 57.2 Å². The van der Waals surface area contributed by atoms with E-state index >= 15 is 4.39 Å². The quantitative estimate of drug-likeness (QED) is 0.438. The maximum absolute atomic E-state index is 15.3. The number of benzene rings is 2. The van der Waals surface area contributed by atoms with E-state index in [-0.39, 0.29) is 36.8 Å². The summed E-state index contributed by atoms with van der Waals surface area (Å²) in [5, 5.41) is 0. The van der Waals surface area contributed by atoms with Gasteiger partial charge in [0.25, 0.3) is 5.91 Å². The van der Waals surface area contributed by atoms with E-state index in [4.69, 9.17) is 10.5 Å². The third-order valence-electron chi connectivity index (χ3n) is 8.86. The van der Waals surface area contributed by atoms with E-state index in [1.165, 1.54) is 11.0 Å². The number of ether oxygens (including phenoxy) is 1. The minimum absolute atomic E-state index is 0.0711. The van der Waals surface area contributed by atoms with Crippen molar-refractivity contribution in [3.8, 4) is 16.9 Å². The largest absolute Gasteiger partial charge is 0.493 e. The summed E-state index contributed by atoms with van der Waals surface area (Å²) in [5.74, 6) is -0.921. The molecule has 216 valence electrons. The van der Waals surface area contributed by atoms with Crippen LogP contribution in [0.4, 0.5) is 17.6 Å². The fourth-order valence-corrected chi connectivity index (χ4v) is 6.26. The Morgan fingerprint density at radius 2 is 1.70 bits per heavy atom. The van der Waals surface area contributed by atoms with Crippen LogP contribution in [0, 0.1) is 17.2 Å². The van der Waals surface area contributed by atoms with Crippen molar-refractivity contribution < 1.29 is 31.9 Å². The zero-order chi connectivity index (χ0) is 28.5. The van der Waals surface area contributed by atoms with Crippen LogP contribution in [0.15, 0.2) is 42.5 Å². The predicted octanol–water partition coefficient (Wildman–Crippen LogP) is 5.41. The van der Waals surface area contributed by atoms with Crippen LogP contribution in [0.1, 0.15) is 55.3 Å². The number of hydrogen-bond donors (Lipinski definition) is 1. The summed E-state index contributed by atoms with van der Waals surface area (Å²) in [5.41, 5.74) is 4.89. The fourth-order valence-electron chi connectivity index (χ4n) is 6.26. The first-order valence-electron chi connectivity index (χ1n) is 14.0. The summed E-state index contributed by atoms with van der Waals surface area (Å²) in [6, 6.07) is 10.5. The Balaban J connectivity index is 1.19. The van der Waals surface area contributed by atoms with Gasteiger partial charge in [0.2, 0.25) is 5.91 Å². The average Bonchev–Trinajstić information content (AvgIpc) is 3.40. The van der Waals surface area contributed by atoms with Gasteiger partial charge >= 0.3 is 6.18 Å². The van der Waals surface area contributed by atoms with Gasteiger partial charge in [-0.2, -0.15) is 13.2 Å². The van der Waals surface area contributed by atoms with Gasteiger partial charge in [-0.25, -0.2) is 4.39 Å². The van der Waals surface area contributed by atoms with Crippen LogP contribution in [0.2, 0.25) is 0 Å². The normalized spacial score (nSPS) is 21.7. The molecule has 2 N–H and O–H groups in total. The number of carbonyl (C=O) groups is 2. The first kappa shape index (κ1) is 28.4. The van der Waals surface area contributed by atoms with Crippen LogP contribution < -0.4 is 10.5 Å². The molecule has 3 fully saturated rings. The van der Waals surface area contributed by atoms with E-state index in [9.17, 15) is 22.8 Å². The number of carbonyl (C=O) groups excluding carboxylic acids is 2.